The van der Waals surface area contributed by atoms with Crippen molar-refractivity contribution < 1.29 is 12.6 Å². The summed E-state index contributed by atoms with van der Waals surface area (Å²) in [5, 5.41) is 0. The lowest BCUT2D eigenvalue weighted by Crippen LogP contribution is -2.03. The van der Waals surface area contributed by atoms with Crippen molar-refractivity contribution in [3.05, 3.63) is 34.9 Å². The first-order chi connectivity index (χ1) is 6.38. The Balaban J connectivity index is 2.81. The van der Waals surface area contributed by atoms with E-state index in [1.807, 2.05) is 32.0 Å². The van der Waals surface area contributed by atoms with E-state index < -0.39 is 10.1 Å². The fourth-order valence-electron chi connectivity index (χ4n) is 1.13. The highest BCUT2D eigenvalue weighted by atomic mass is 32.2. The van der Waals surface area contributed by atoms with Gasteiger partial charge in [-0.3, -0.25) is 4.18 Å². The van der Waals surface area contributed by atoms with Gasteiger partial charge in [0, 0.05) is 0 Å². The van der Waals surface area contributed by atoms with E-state index in [1.54, 1.807) is 0 Å². The minimum absolute atomic E-state index is 0.117. The fraction of sp³-hybridized carbons (Fsp3) is 0.400. The highest BCUT2D eigenvalue weighted by molar-refractivity contribution is 7.85. The lowest BCUT2D eigenvalue weighted by atomic mass is 10.1. The van der Waals surface area contributed by atoms with Crippen LogP contribution >= 0.6 is 0 Å². The first-order valence-electron chi connectivity index (χ1n) is 4.29. The highest BCUT2D eigenvalue weighted by Gasteiger charge is 2.04. The summed E-state index contributed by atoms with van der Waals surface area (Å²) in [6.45, 7) is 4.01. The van der Waals surface area contributed by atoms with Crippen molar-refractivity contribution in [2.75, 3.05) is 6.26 Å². The second kappa shape index (κ2) is 4.11. The molecule has 1 rings (SSSR count). The molecule has 0 aromatic heterocycles. The minimum Gasteiger partial charge on any atom is -0.265 e. The van der Waals surface area contributed by atoms with Gasteiger partial charge < -0.3 is 0 Å². The molecule has 0 saturated heterocycles. The summed E-state index contributed by atoms with van der Waals surface area (Å²) in [5.41, 5.74) is 3.05. The smallest absolute Gasteiger partial charge is 0.264 e. The Hall–Kier alpha value is -0.870. The lowest BCUT2D eigenvalue weighted by molar-refractivity contribution is 0.311. The summed E-state index contributed by atoms with van der Waals surface area (Å²) < 4.78 is 26.3. The summed E-state index contributed by atoms with van der Waals surface area (Å²) in [7, 11) is -3.35. The maximum atomic E-state index is 10.8. The fourth-order valence-corrected chi connectivity index (χ4v) is 1.47. The monoisotopic (exact) mass is 214 g/mol. The van der Waals surface area contributed by atoms with E-state index in [-0.39, 0.29) is 6.61 Å². The molecular weight excluding hydrogens is 200 g/mol. The van der Waals surface area contributed by atoms with Gasteiger partial charge in [-0.25, -0.2) is 0 Å². The first-order valence-corrected chi connectivity index (χ1v) is 6.11. The van der Waals surface area contributed by atoms with Crippen molar-refractivity contribution in [3.8, 4) is 0 Å². The summed E-state index contributed by atoms with van der Waals surface area (Å²) in [4.78, 5) is 0. The Morgan fingerprint density at radius 1 is 1.29 bits per heavy atom. The topological polar surface area (TPSA) is 43.4 Å². The molecule has 0 heterocycles. The number of aryl methyl sites for hydroxylation is 2. The Bertz CT molecular complexity index is 421. The molecule has 0 N–H and O–H groups in total. The molecule has 0 saturated carbocycles. The Labute approximate surface area is 84.8 Å². The second-order valence-electron chi connectivity index (χ2n) is 3.40. The summed E-state index contributed by atoms with van der Waals surface area (Å²) >= 11 is 0. The largest absolute Gasteiger partial charge is 0.265 e. The lowest BCUT2D eigenvalue weighted by Gasteiger charge is -2.06. The molecule has 0 aliphatic rings. The van der Waals surface area contributed by atoms with Crippen molar-refractivity contribution in [3.63, 3.8) is 0 Å². The van der Waals surface area contributed by atoms with Gasteiger partial charge in [0.1, 0.15) is 0 Å². The van der Waals surface area contributed by atoms with Gasteiger partial charge in [-0.05, 0) is 25.0 Å². The molecule has 0 fully saturated rings. The average Bonchev–Trinajstić information content (AvgIpc) is 2.05. The zero-order valence-electron chi connectivity index (χ0n) is 8.57. The summed E-state index contributed by atoms with van der Waals surface area (Å²) in [5.74, 6) is 0. The van der Waals surface area contributed by atoms with Crippen LogP contribution in [0.5, 0.6) is 0 Å². The maximum Gasteiger partial charge on any atom is 0.264 e. The van der Waals surface area contributed by atoms with E-state index in [1.165, 1.54) is 0 Å². The zero-order valence-corrected chi connectivity index (χ0v) is 9.39. The molecule has 1 aromatic carbocycles. The normalized spacial score (nSPS) is 11.6. The van der Waals surface area contributed by atoms with Gasteiger partial charge in [0.15, 0.2) is 0 Å². The molecule has 0 atom stereocenters. The van der Waals surface area contributed by atoms with Crippen LogP contribution in [-0.2, 0) is 20.9 Å². The highest BCUT2D eigenvalue weighted by Crippen LogP contribution is 2.12. The third-order valence-corrected chi connectivity index (χ3v) is 2.48. The first kappa shape index (κ1) is 11.2. The van der Waals surface area contributed by atoms with Crippen molar-refractivity contribution in [1.29, 1.82) is 0 Å². The van der Waals surface area contributed by atoms with Crippen LogP contribution in [0.3, 0.4) is 0 Å². The third-order valence-electron chi connectivity index (χ3n) is 1.93. The summed E-state index contributed by atoms with van der Waals surface area (Å²) in [6.07, 6.45) is 1.05. The van der Waals surface area contributed by atoms with Crippen LogP contribution in [0.25, 0.3) is 0 Å². The zero-order chi connectivity index (χ0) is 10.8. The standard InChI is InChI=1S/C10H14O3S/c1-8-4-5-9(2)10(6-8)7-13-14(3,11)12/h4-6H,7H2,1-3H3. The minimum atomic E-state index is -3.35. The molecule has 4 heteroatoms. The van der Waals surface area contributed by atoms with Gasteiger partial charge in [-0.2, -0.15) is 8.42 Å². The van der Waals surface area contributed by atoms with E-state index in [0.717, 1.165) is 22.9 Å². The van der Waals surface area contributed by atoms with Crippen LogP contribution in [0.15, 0.2) is 18.2 Å². The Kier molecular flexibility index (Phi) is 3.29. The van der Waals surface area contributed by atoms with Gasteiger partial charge >= 0.3 is 0 Å². The third kappa shape index (κ3) is 3.47. The van der Waals surface area contributed by atoms with Crippen molar-refractivity contribution >= 4 is 10.1 Å². The van der Waals surface area contributed by atoms with Crippen LogP contribution in [0.2, 0.25) is 0 Å². The predicted octanol–water partition coefficient (Wildman–Crippen LogP) is 1.78. The van der Waals surface area contributed by atoms with Crippen molar-refractivity contribution in [2.45, 2.75) is 20.5 Å². The quantitative estimate of drug-likeness (QED) is 0.720. The SMILES string of the molecule is Cc1ccc(C)c(COS(C)(=O)=O)c1. The number of hydrogen-bond acceptors (Lipinski definition) is 3. The van der Waals surface area contributed by atoms with E-state index in [4.69, 9.17) is 4.18 Å². The number of rotatable bonds is 3. The van der Waals surface area contributed by atoms with E-state index >= 15 is 0 Å². The van der Waals surface area contributed by atoms with Gasteiger partial charge in [0.05, 0.1) is 12.9 Å². The van der Waals surface area contributed by atoms with Crippen LogP contribution < -0.4 is 0 Å². The van der Waals surface area contributed by atoms with Crippen molar-refractivity contribution in [1.82, 2.24) is 0 Å². The van der Waals surface area contributed by atoms with Crippen LogP contribution in [0.4, 0.5) is 0 Å². The van der Waals surface area contributed by atoms with E-state index in [0.29, 0.717) is 0 Å². The van der Waals surface area contributed by atoms with Crippen LogP contribution in [-0.4, -0.2) is 14.7 Å². The Morgan fingerprint density at radius 3 is 2.50 bits per heavy atom. The van der Waals surface area contributed by atoms with Gasteiger partial charge in [-0.15, -0.1) is 0 Å². The molecule has 0 aliphatic carbocycles. The molecule has 3 nitrogen and oxygen atoms in total. The average molecular weight is 214 g/mol. The molecule has 14 heavy (non-hydrogen) atoms. The van der Waals surface area contributed by atoms with Crippen LogP contribution in [0.1, 0.15) is 16.7 Å². The van der Waals surface area contributed by atoms with Gasteiger partial charge in [0.2, 0.25) is 0 Å². The molecular formula is C10H14O3S. The summed E-state index contributed by atoms with van der Waals surface area (Å²) in [6, 6.07) is 5.87. The predicted molar refractivity (Wildman–Crippen MR) is 55.5 cm³/mol. The molecule has 0 amide bonds. The van der Waals surface area contributed by atoms with E-state index in [9.17, 15) is 8.42 Å². The number of hydrogen-bond donors (Lipinski definition) is 0. The van der Waals surface area contributed by atoms with E-state index in [2.05, 4.69) is 0 Å². The molecule has 0 bridgehead atoms. The second-order valence-corrected chi connectivity index (χ2v) is 5.04. The molecule has 0 aliphatic heterocycles. The van der Waals surface area contributed by atoms with Crippen molar-refractivity contribution in [2.24, 2.45) is 0 Å². The molecule has 0 radical (unpaired) electrons. The van der Waals surface area contributed by atoms with Crippen LogP contribution in [0, 0.1) is 13.8 Å². The molecule has 0 unspecified atom stereocenters. The maximum absolute atomic E-state index is 10.8. The van der Waals surface area contributed by atoms with Gasteiger partial charge in [0.25, 0.3) is 10.1 Å². The molecule has 78 valence electrons. The van der Waals surface area contributed by atoms with Gasteiger partial charge in [-0.1, -0.05) is 23.8 Å². The molecule has 1 aromatic rings. The molecule has 0 spiro atoms. The number of benzene rings is 1. The Morgan fingerprint density at radius 2 is 1.93 bits per heavy atom.